The van der Waals surface area contributed by atoms with E-state index in [2.05, 4.69) is 10.1 Å². The van der Waals surface area contributed by atoms with E-state index in [0.29, 0.717) is 0 Å². The van der Waals surface area contributed by atoms with Gasteiger partial charge in [0, 0.05) is 11.9 Å². The van der Waals surface area contributed by atoms with Crippen LogP contribution in [0.15, 0.2) is 34.7 Å². The highest BCUT2D eigenvalue weighted by atomic mass is 35.5. The van der Waals surface area contributed by atoms with Gasteiger partial charge in [0.05, 0.1) is 0 Å². The number of hydrogen-bond donors (Lipinski definition) is 3. The molecule has 1 rings (SSSR count). The van der Waals surface area contributed by atoms with Crippen LogP contribution in [-0.2, 0) is 15.3 Å². The lowest BCUT2D eigenvalue weighted by atomic mass is 10.4. The third-order valence-corrected chi connectivity index (χ3v) is 1.50. The Bertz CT molecular complexity index is 490. The molecule has 0 bridgehead atoms. The van der Waals surface area contributed by atoms with Gasteiger partial charge in [-0.15, -0.1) is 0 Å². The van der Waals surface area contributed by atoms with Crippen LogP contribution in [0.3, 0.4) is 0 Å². The minimum absolute atomic E-state index is 0.701. The molecule has 4 N–H and O–H groups in total. The van der Waals surface area contributed by atoms with Crippen LogP contribution < -0.4 is 5.73 Å². The Morgan fingerprint density at radius 1 is 1.39 bits per heavy atom. The summed E-state index contributed by atoms with van der Waals surface area (Å²) in [5.74, 6) is -1.53. The minimum Gasteiger partial charge on any atom is -0.481 e. The summed E-state index contributed by atoms with van der Waals surface area (Å²) >= 11 is 5.54. The molecule has 0 radical (unpaired) electrons. The zero-order chi connectivity index (χ0) is 14.6. The van der Waals surface area contributed by atoms with Gasteiger partial charge in [-0.1, -0.05) is 34.2 Å². The highest BCUT2D eigenvalue weighted by Crippen LogP contribution is 2.03. The average molecular weight is 294 g/mol. The topological polar surface area (TPSA) is 134 Å². The molecule has 0 aliphatic rings. The second kappa shape index (κ2) is 11.6. The number of nitrogens with two attached hydrogens (primary N) is 1. The molecule has 0 aliphatic carbocycles. The molecule has 7 nitrogen and oxygen atoms in total. The molecule has 100 valence electrons. The first kappa shape index (κ1) is 18.4. The van der Waals surface area contributed by atoms with Crippen molar-refractivity contribution in [3.63, 3.8) is 0 Å². The Morgan fingerprint density at radius 2 is 1.78 bits per heavy atom. The smallest absolute Gasteiger partial charge is 0.319 e. The van der Waals surface area contributed by atoms with Gasteiger partial charge in [0.1, 0.15) is 0 Å². The number of guanidine groups is 1. The summed E-state index contributed by atoms with van der Waals surface area (Å²) in [6, 6.07) is 9.44. The van der Waals surface area contributed by atoms with E-state index in [9.17, 15) is 8.42 Å². The minimum atomic E-state index is -2.57. The number of aliphatic carboxylic acids is 1. The Kier molecular flexibility index (Phi) is 11.8. The van der Waals surface area contributed by atoms with Crippen molar-refractivity contribution in [3.8, 4) is 0 Å². The maximum absolute atomic E-state index is 9.42. The van der Waals surface area contributed by atoms with Gasteiger partial charge < -0.3 is 10.8 Å². The maximum Gasteiger partial charge on any atom is 0.319 e. The van der Waals surface area contributed by atoms with E-state index in [1.165, 1.54) is 0 Å². The predicted molar refractivity (Wildman–Crippen MR) is 68.0 cm³/mol. The molecule has 0 spiro atoms. The normalized spacial score (nSPS) is 7.67. The van der Waals surface area contributed by atoms with Crippen molar-refractivity contribution in [3.05, 3.63) is 35.4 Å². The zero-order valence-electron chi connectivity index (χ0n) is 9.37. The van der Waals surface area contributed by atoms with Crippen LogP contribution in [-0.4, -0.2) is 25.5 Å². The first-order chi connectivity index (χ1) is 8.25. The van der Waals surface area contributed by atoms with Crippen LogP contribution in [0.1, 0.15) is 6.92 Å². The van der Waals surface area contributed by atoms with Crippen LogP contribution in [0, 0.1) is 5.41 Å². The number of nitrogens with zero attached hydrogens (tertiary/aromatic N) is 1. The number of benzene rings is 1. The van der Waals surface area contributed by atoms with Crippen molar-refractivity contribution < 1.29 is 18.3 Å². The molecule has 1 aromatic rings. The van der Waals surface area contributed by atoms with E-state index in [-0.39, 0.29) is 0 Å². The highest BCUT2D eigenvalue weighted by molar-refractivity contribution is 7.62. The quantitative estimate of drug-likeness (QED) is 0.490. The SMILES string of the molecule is CC(=O)O.Clc1ccccc1.N=C(N)N=S(=O)=O. The third kappa shape index (κ3) is 23.7. The van der Waals surface area contributed by atoms with Crippen LogP contribution >= 0.6 is 11.6 Å². The summed E-state index contributed by atoms with van der Waals surface area (Å²) in [6.45, 7) is 1.08. The predicted octanol–water partition coefficient (Wildman–Crippen LogP) is 1.37. The van der Waals surface area contributed by atoms with Crippen LogP contribution in [0.2, 0.25) is 5.02 Å². The number of carboxylic acids is 1. The molecule has 0 aliphatic heterocycles. The van der Waals surface area contributed by atoms with Crippen LogP contribution in [0.5, 0.6) is 0 Å². The Labute approximate surface area is 110 Å². The van der Waals surface area contributed by atoms with E-state index < -0.39 is 22.4 Å². The lowest BCUT2D eigenvalue weighted by molar-refractivity contribution is -0.134. The van der Waals surface area contributed by atoms with Gasteiger partial charge in [0.25, 0.3) is 5.97 Å². The number of halogens is 1. The van der Waals surface area contributed by atoms with Crippen LogP contribution in [0.4, 0.5) is 0 Å². The van der Waals surface area contributed by atoms with Gasteiger partial charge in [0.2, 0.25) is 5.96 Å². The fourth-order valence-corrected chi connectivity index (χ4v) is 0.801. The third-order valence-electron chi connectivity index (χ3n) is 0.906. The Balaban J connectivity index is 0. The lowest BCUT2D eigenvalue weighted by Crippen LogP contribution is -2.03. The van der Waals surface area contributed by atoms with Crippen molar-refractivity contribution in [1.29, 1.82) is 5.41 Å². The molecule has 0 atom stereocenters. The summed E-state index contributed by atoms with van der Waals surface area (Å²) < 4.78 is 21.4. The molecule has 0 saturated heterocycles. The van der Waals surface area contributed by atoms with E-state index in [1.807, 2.05) is 30.3 Å². The Morgan fingerprint density at radius 3 is 1.89 bits per heavy atom. The number of carbonyl (C=O) groups is 1. The number of hydrogen-bond acceptors (Lipinski definition) is 4. The monoisotopic (exact) mass is 293 g/mol. The van der Waals surface area contributed by atoms with Crippen molar-refractivity contribution in [2.24, 2.45) is 10.1 Å². The molecule has 0 saturated carbocycles. The first-order valence-electron chi connectivity index (χ1n) is 4.31. The van der Waals surface area contributed by atoms with Gasteiger partial charge in [-0.05, 0) is 12.1 Å². The summed E-state index contributed by atoms with van der Waals surface area (Å²) in [7, 11) is -2.57. The molecule has 1 aromatic carbocycles. The van der Waals surface area contributed by atoms with Crippen molar-refractivity contribution in [2.45, 2.75) is 6.92 Å². The fourth-order valence-electron chi connectivity index (χ4n) is 0.495. The van der Waals surface area contributed by atoms with E-state index in [4.69, 9.17) is 26.9 Å². The second-order valence-corrected chi connectivity index (χ2v) is 3.56. The summed E-state index contributed by atoms with van der Waals surface area (Å²) in [5, 5.41) is 14.5. The average Bonchev–Trinajstić information content (AvgIpc) is 2.16. The van der Waals surface area contributed by atoms with Crippen molar-refractivity contribution in [2.75, 3.05) is 0 Å². The molecular formula is C9H12ClN3O4S. The first-order valence-corrected chi connectivity index (χ1v) is 5.72. The summed E-state index contributed by atoms with van der Waals surface area (Å²) in [5.41, 5.74) is 4.52. The van der Waals surface area contributed by atoms with Crippen molar-refractivity contribution >= 4 is 34.0 Å². The summed E-state index contributed by atoms with van der Waals surface area (Å²) in [4.78, 5) is 9.00. The molecule has 0 aromatic heterocycles. The lowest BCUT2D eigenvalue weighted by Gasteiger charge is -1.80. The van der Waals surface area contributed by atoms with E-state index in [0.717, 1.165) is 11.9 Å². The zero-order valence-corrected chi connectivity index (χ0v) is 10.9. The highest BCUT2D eigenvalue weighted by Gasteiger charge is 1.75. The number of rotatable bonds is 0. The van der Waals surface area contributed by atoms with Gasteiger partial charge >= 0.3 is 10.5 Å². The number of nitrogens with one attached hydrogen (secondary N) is 1. The molecule has 0 heterocycles. The molecular weight excluding hydrogens is 282 g/mol. The van der Waals surface area contributed by atoms with E-state index >= 15 is 0 Å². The fraction of sp³-hybridized carbons (Fsp3) is 0.111. The van der Waals surface area contributed by atoms with E-state index in [1.54, 1.807) is 0 Å². The van der Waals surface area contributed by atoms with Gasteiger partial charge in [-0.3, -0.25) is 10.2 Å². The van der Waals surface area contributed by atoms with Crippen LogP contribution in [0.25, 0.3) is 0 Å². The molecule has 0 amide bonds. The standard InChI is InChI=1S/C6H5Cl.C2H4O2.CH3N3O2S/c7-6-4-2-1-3-5-6;1-2(3)4;2-1(3)4-7(5)6/h1-5H;1H3,(H,3,4);(H3,2,3). The van der Waals surface area contributed by atoms with Gasteiger partial charge in [-0.2, -0.15) is 8.42 Å². The molecule has 0 unspecified atom stereocenters. The molecule has 0 fully saturated rings. The van der Waals surface area contributed by atoms with Gasteiger partial charge in [0.15, 0.2) is 0 Å². The largest absolute Gasteiger partial charge is 0.481 e. The van der Waals surface area contributed by atoms with Gasteiger partial charge in [-0.25, -0.2) is 0 Å². The maximum atomic E-state index is 9.42. The van der Waals surface area contributed by atoms with Crippen molar-refractivity contribution in [1.82, 2.24) is 0 Å². The Hall–Kier alpha value is -1.93. The second-order valence-electron chi connectivity index (χ2n) is 2.51. The summed E-state index contributed by atoms with van der Waals surface area (Å²) in [6.07, 6.45) is 0. The molecule has 18 heavy (non-hydrogen) atoms. The molecule has 9 heteroatoms. The number of carboxylic acid groups (broad SMARTS) is 1.